The summed E-state index contributed by atoms with van der Waals surface area (Å²) in [5.41, 5.74) is 4.26. The number of aryl methyl sites for hydroxylation is 1. The third-order valence-electron chi connectivity index (χ3n) is 4.96. The highest BCUT2D eigenvalue weighted by Crippen LogP contribution is 2.40. The lowest BCUT2D eigenvalue weighted by Crippen LogP contribution is -2.35. The molecule has 0 amide bonds. The monoisotopic (exact) mass is 387 g/mol. The first kappa shape index (κ1) is 21.7. The smallest absolute Gasteiger partial charge is 0.330 e. The predicted molar refractivity (Wildman–Crippen MR) is 112 cm³/mol. The normalized spacial score (nSPS) is 15.6. The summed E-state index contributed by atoms with van der Waals surface area (Å²) in [5, 5.41) is 0. The first-order chi connectivity index (χ1) is 13.3. The van der Waals surface area contributed by atoms with E-state index >= 15 is 0 Å². The number of halogens is 1. The van der Waals surface area contributed by atoms with Gasteiger partial charge in [-0.05, 0) is 81.0 Å². The number of hydrogen-bond donors (Lipinski definition) is 0. The Morgan fingerprint density at radius 2 is 1.93 bits per heavy atom. The molecule has 0 aliphatic carbocycles. The van der Waals surface area contributed by atoms with Crippen molar-refractivity contribution in [1.29, 1.82) is 0 Å². The summed E-state index contributed by atoms with van der Waals surface area (Å²) in [6.45, 7) is 8.81. The molecule has 1 aliphatic rings. The van der Waals surface area contributed by atoms with Crippen LogP contribution in [0.2, 0.25) is 0 Å². The van der Waals surface area contributed by atoms with Gasteiger partial charge < -0.3 is 14.4 Å². The Balaban J connectivity index is 2.40. The third kappa shape index (κ3) is 5.03. The van der Waals surface area contributed by atoms with Crippen LogP contribution in [0, 0.1) is 0 Å². The van der Waals surface area contributed by atoms with Crippen LogP contribution in [0.4, 0.5) is 10.1 Å². The number of carbonyl (C=O) groups is 1. The number of carbonyl (C=O) groups excluding carboxylic acids is 1. The van der Waals surface area contributed by atoms with Crippen molar-refractivity contribution in [3.63, 3.8) is 0 Å². The van der Waals surface area contributed by atoms with E-state index in [0.29, 0.717) is 17.2 Å². The van der Waals surface area contributed by atoms with Gasteiger partial charge >= 0.3 is 5.97 Å². The van der Waals surface area contributed by atoms with Crippen molar-refractivity contribution < 1.29 is 18.7 Å². The highest BCUT2D eigenvalue weighted by Gasteiger charge is 2.24. The molecule has 0 spiro atoms. The van der Waals surface area contributed by atoms with Crippen LogP contribution in [0.1, 0.15) is 45.2 Å². The molecule has 0 bridgehead atoms. The molecular weight excluding hydrogens is 357 g/mol. The van der Waals surface area contributed by atoms with Gasteiger partial charge in [-0.2, -0.15) is 0 Å². The van der Waals surface area contributed by atoms with E-state index in [4.69, 9.17) is 4.74 Å². The quantitative estimate of drug-likeness (QED) is 0.380. The second-order valence-electron chi connectivity index (χ2n) is 7.29. The number of benzene rings is 1. The fourth-order valence-electron chi connectivity index (χ4n) is 3.38. The van der Waals surface area contributed by atoms with Crippen molar-refractivity contribution in [1.82, 2.24) is 0 Å². The van der Waals surface area contributed by atoms with E-state index in [1.165, 1.54) is 24.8 Å². The van der Waals surface area contributed by atoms with Crippen molar-refractivity contribution in [2.75, 3.05) is 25.7 Å². The molecule has 152 valence electrons. The Bertz CT molecular complexity index is 804. The van der Waals surface area contributed by atoms with Gasteiger partial charge in [0.25, 0.3) is 0 Å². The van der Waals surface area contributed by atoms with Gasteiger partial charge in [0.2, 0.25) is 0 Å². The molecule has 1 aliphatic heterocycles. The van der Waals surface area contributed by atoms with Crippen molar-refractivity contribution in [2.45, 2.75) is 46.6 Å². The predicted octanol–water partition coefficient (Wildman–Crippen LogP) is 5.23. The van der Waals surface area contributed by atoms with Gasteiger partial charge in [-0.3, -0.25) is 0 Å². The molecule has 0 saturated heterocycles. The van der Waals surface area contributed by atoms with Crippen LogP contribution < -0.4 is 9.64 Å². The topological polar surface area (TPSA) is 38.8 Å². The van der Waals surface area contributed by atoms with Crippen LogP contribution in [0.15, 0.2) is 41.8 Å². The van der Waals surface area contributed by atoms with E-state index in [2.05, 4.69) is 29.6 Å². The molecule has 4 nitrogen and oxygen atoms in total. The highest BCUT2D eigenvalue weighted by atomic mass is 19.1. The van der Waals surface area contributed by atoms with Crippen LogP contribution in [0.3, 0.4) is 0 Å². The maximum Gasteiger partial charge on any atom is 0.330 e. The van der Waals surface area contributed by atoms with E-state index < -0.39 is 5.97 Å². The number of rotatable bonds is 6. The molecule has 1 heterocycles. The second-order valence-corrected chi connectivity index (χ2v) is 7.29. The maximum atomic E-state index is 14.7. The lowest BCUT2D eigenvalue weighted by molar-refractivity contribution is -0.134. The second kappa shape index (κ2) is 9.58. The zero-order valence-electron chi connectivity index (χ0n) is 17.6. The summed E-state index contributed by atoms with van der Waals surface area (Å²) in [4.78, 5) is 13.6. The Kier molecular flexibility index (Phi) is 7.44. The van der Waals surface area contributed by atoms with Crippen LogP contribution in [0.5, 0.6) is 5.75 Å². The first-order valence-corrected chi connectivity index (χ1v) is 9.57. The molecule has 0 aromatic heterocycles. The van der Waals surface area contributed by atoms with E-state index in [1.54, 1.807) is 27.0 Å². The van der Waals surface area contributed by atoms with Gasteiger partial charge in [0.15, 0.2) is 0 Å². The Labute approximate surface area is 167 Å². The van der Waals surface area contributed by atoms with E-state index in [0.717, 1.165) is 36.4 Å². The minimum absolute atomic E-state index is 0.351. The number of allylic oxidation sites excluding steroid dienone is 5. The molecule has 1 aromatic rings. The zero-order valence-corrected chi connectivity index (χ0v) is 17.6. The molecule has 0 fully saturated rings. The van der Waals surface area contributed by atoms with Gasteiger partial charge in [-0.15, -0.1) is 0 Å². The molecule has 0 unspecified atom stereocenters. The summed E-state index contributed by atoms with van der Waals surface area (Å²) in [7, 11) is 2.97. The Morgan fingerprint density at radius 1 is 1.21 bits per heavy atom. The standard InChI is InChI=1S/C23H30FNO3/c1-15(2)25-11-7-8-18-13-19(14-21(27-5)23(18)25)17(4)20(24)10-9-16(3)12-22(26)28-6/h9-10,12-15H,7-8,11H2,1-6H3. The van der Waals surface area contributed by atoms with Crippen LogP contribution in [0.25, 0.3) is 5.57 Å². The largest absolute Gasteiger partial charge is 0.495 e. The van der Waals surface area contributed by atoms with Crippen LogP contribution >= 0.6 is 0 Å². The molecule has 0 radical (unpaired) electrons. The van der Waals surface area contributed by atoms with Gasteiger partial charge in [0.1, 0.15) is 11.6 Å². The highest BCUT2D eigenvalue weighted by molar-refractivity contribution is 5.83. The molecule has 5 heteroatoms. The molecule has 0 N–H and O–H groups in total. The van der Waals surface area contributed by atoms with Gasteiger partial charge in [-0.1, -0.05) is 6.08 Å². The summed E-state index contributed by atoms with van der Waals surface area (Å²) in [6.07, 6.45) is 6.28. The lowest BCUT2D eigenvalue weighted by Gasteiger charge is -2.36. The van der Waals surface area contributed by atoms with E-state index in [9.17, 15) is 9.18 Å². The molecule has 28 heavy (non-hydrogen) atoms. The molecule has 0 saturated carbocycles. The van der Waals surface area contributed by atoms with Gasteiger partial charge in [-0.25, -0.2) is 9.18 Å². The Morgan fingerprint density at radius 3 is 2.54 bits per heavy atom. The van der Waals surface area contributed by atoms with Gasteiger partial charge in [0.05, 0.1) is 19.9 Å². The number of methoxy groups -OCH3 is 2. The minimum Gasteiger partial charge on any atom is -0.495 e. The van der Waals surface area contributed by atoms with Crippen LogP contribution in [-0.4, -0.2) is 32.8 Å². The van der Waals surface area contributed by atoms with Crippen LogP contribution in [-0.2, 0) is 16.0 Å². The number of hydrogen-bond acceptors (Lipinski definition) is 4. The van der Waals surface area contributed by atoms with Crippen molar-refractivity contribution in [2.24, 2.45) is 0 Å². The third-order valence-corrected chi connectivity index (χ3v) is 4.96. The fourth-order valence-corrected chi connectivity index (χ4v) is 3.38. The van der Waals surface area contributed by atoms with Crippen molar-refractivity contribution in [3.05, 3.63) is 52.9 Å². The van der Waals surface area contributed by atoms with E-state index in [-0.39, 0.29) is 5.83 Å². The summed E-state index contributed by atoms with van der Waals surface area (Å²) >= 11 is 0. The SMILES string of the molecule is COC(=O)C=C(C)C=CC(F)=C(C)c1cc2c(c(OC)c1)N(C(C)C)CCC2. The molecule has 1 aromatic carbocycles. The average Bonchev–Trinajstić information content (AvgIpc) is 2.69. The maximum absolute atomic E-state index is 14.7. The minimum atomic E-state index is -0.461. The fraction of sp³-hybridized carbons (Fsp3) is 0.435. The number of ether oxygens (including phenoxy) is 2. The number of esters is 1. The van der Waals surface area contributed by atoms with Crippen molar-refractivity contribution in [3.8, 4) is 5.75 Å². The molecular formula is C23H30FNO3. The number of anilines is 1. The average molecular weight is 387 g/mol. The summed E-state index contributed by atoms with van der Waals surface area (Å²) < 4.78 is 25.0. The molecule has 2 rings (SSSR count). The Hall–Kier alpha value is -2.56. The molecule has 0 atom stereocenters. The number of fused-ring (bicyclic) bond motifs is 1. The lowest BCUT2D eigenvalue weighted by atomic mass is 9.94. The van der Waals surface area contributed by atoms with E-state index in [1.807, 2.05) is 6.07 Å². The summed E-state index contributed by atoms with van der Waals surface area (Å²) in [6, 6.07) is 4.34. The number of nitrogens with zero attached hydrogens (tertiary/aromatic N) is 1. The van der Waals surface area contributed by atoms with Gasteiger partial charge in [0, 0.05) is 18.7 Å². The first-order valence-electron chi connectivity index (χ1n) is 9.57. The zero-order chi connectivity index (χ0) is 20.8. The van der Waals surface area contributed by atoms with Crippen molar-refractivity contribution >= 4 is 17.2 Å². The summed E-state index contributed by atoms with van der Waals surface area (Å²) in [5.74, 6) is -0.0349.